The fourth-order valence-electron chi connectivity index (χ4n) is 4.58. The van der Waals surface area contributed by atoms with E-state index in [1.807, 2.05) is 0 Å². The summed E-state index contributed by atoms with van der Waals surface area (Å²) >= 11 is 0. The molecule has 0 radical (unpaired) electrons. The lowest BCUT2D eigenvalue weighted by Crippen LogP contribution is -2.99. The van der Waals surface area contributed by atoms with E-state index in [0.717, 1.165) is 12.0 Å². The summed E-state index contributed by atoms with van der Waals surface area (Å²) in [6.45, 7) is -0.729. The zero-order valence-electron chi connectivity index (χ0n) is 15.6. The number of halogens is 1. The molecule has 150 valence electrons. The highest BCUT2D eigenvalue weighted by Gasteiger charge is 2.73. The van der Waals surface area contributed by atoms with Crippen molar-refractivity contribution in [1.82, 2.24) is 0 Å². The van der Waals surface area contributed by atoms with Crippen LogP contribution in [0.2, 0.25) is 0 Å². The monoisotopic (exact) mass is 399 g/mol. The molecule has 29 heavy (non-hydrogen) atoms. The number of imide groups is 1. The van der Waals surface area contributed by atoms with Crippen LogP contribution in [0.4, 0.5) is 10.1 Å². The Hall–Kier alpha value is -3.10. The molecule has 0 saturated carbocycles. The summed E-state index contributed by atoms with van der Waals surface area (Å²) in [7, 11) is 1.15. The number of nitrogens with two attached hydrogens (primary N) is 1. The van der Waals surface area contributed by atoms with Gasteiger partial charge in [0.25, 0.3) is 0 Å². The predicted molar refractivity (Wildman–Crippen MR) is 98.8 cm³/mol. The lowest BCUT2D eigenvalue weighted by atomic mass is 9.79. The molecule has 4 rings (SSSR count). The van der Waals surface area contributed by atoms with E-state index in [0.29, 0.717) is 5.69 Å². The average Bonchev–Trinajstić information content (AvgIpc) is 3.23. The van der Waals surface area contributed by atoms with Gasteiger partial charge in [0.2, 0.25) is 17.4 Å². The number of carbonyl (C=O) groups is 3. The largest absolute Gasteiger partial charge is 0.464 e. The Bertz CT molecular complexity index is 982. The third-order valence-corrected chi connectivity index (χ3v) is 5.88. The van der Waals surface area contributed by atoms with E-state index >= 15 is 0 Å². The van der Waals surface area contributed by atoms with Crippen molar-refractivity contribution >= 4 is 23.5 Å². The van der Waals surface area contributed by atoms with Crippen molar-refractivity contribution in [1.29, 1.82) is 0 Å². The first-order valence-corrected chi connectivity index (χ1v) is 9.19. The van der Waals surface area contributed by atoms with Crippen LogP contribution in [0.15, 0.2) is 54.6 Å². The second-order valence-corrected chi connectivity index (χ2v) is 7.25. The molecule has 0 bridgehead atoms. The highest BCUT2D eigenvalue weighted by Crippen LogP contribution is 2.46. The number of aliphatic hydroxyl groups is 1. The van der Waals surface area contributed by atoms with Gasteiger partial charge in [-0.1, -0.05) is 36.4 Å². The minimum absolute atomic E-state index is 0.192. The summed E-state index contributed by atoms with van der Waals surface area (Å²) in [6.07, 6.45) is 0. The molecule has 3 N–H and O–H groups in total. The number of nitrogens with zero attached hydrogens (tertiary/aromatic N) is 1. The van der Waals surface area contributed by atoms with Crippen LogP contribution in [0, 0.1) is 17.7 Å². The van der Waals surface area contributed by atoms with Crippen LogP contribution in [0.25, 0.3) is 0 Å². The van der Waals surface area contributed by atoms with E-state index in [1.165, 1.54) is 23.5 Å². The molecule has 8 heteroatoms. The predicted octanol–water partition coefficient (Wildman–Crippen LogP) is 0.154. The lowest BCUT2D eigenvalue weighted by molar-refractivity contribution is -0.735. The molecular weight excluding hydrogens is 379 g/mol. The van der Waals surface area contributed by atoms with Crippen LogP contribution in [0.3, 0.4) is 0 Å². The van der Waals surface area contributed by atoms with Crippen LogP contribution in [0.1, 0.15) is 11.6 Å². The maximum atomic E-state index is 14.6. The number of anilines is 1. The number of carbonyl (C=O) groups excluding carboxylic acids is 3. The van der Waals surface area contributed by atoms with Crippen molar-refractivity contribution in [2.45, 2.75) is 11.6 Å². The van der Waals surface area contributed by atoms with Gasteiger partial charge in [-0.15, -0.1) is 0 Å². The summed E-state index contributed by atoms with van der Waals surface area (Å²) in [5.74, 6) is -4.73. The Morgan fingerprint density at radius 1 is 1.14 bits per heavy atom. The third-order valence-electron chi connectivity index (χ3n) is 5.88. The van der Waals surface area contributed by atoms with Gasteiger partial charge < -0.3 is 15.2 Å². The van der Waals surface area contributed by atoms with E-state index in [2.05, 4.69) is 0 Å². The maximum absolute atomic E-state index is 14.6. The maximum Gasteiger partial charge on any atom is 0.371 e. The fraction of sp³-hybridized carbons (Fsp3) is 0.286. The number of ether oxygens (including phenoxy) is 1. The lowest BCUT2D eigenvalue weighted by Gasteiger charge is -2.27. The third kappa shape index (κ3) is 2.67. The number of amides is 2. The topological polar surface area (TPSA) is 101 Å². The highest BCUT2D eigenvalue weighted by atomic mass is 19.1. The summed E-state index contributed by atoms with van der Waals surface area (Å²) in [5, 5.41) is 11.6. The van der Waals surface area contributed by atoms with E-state index in [-0.39, 0.29) is 5.56 Å². The van der Waals surface area contributed by atoms with Gasteiger partial charge in [-0.25, -0.2) is 14.1 Å². The van der Waals surface area contributed by atoms with Gasteiger partial charge in [-0.3, -0.25) is 9.59 Å². The molecule has 2 aromatic carbocycles. The molecule has 4 atom stereocenters. The van der Waals surface area contributed by atoms with Crippen molar-refractivity contribution < 1.29 is 33.9 Å². The van der Waals surface area contributed by atoms with Crippen LogP contribution in [-0.2, 0) is 19.1 Å². The molecule has 2 aliphatic heterocycles. The smallest absolute Gasteiger partial charge is 0.371 e. The van der Waals surface area contributed by atoms with Gasteiger partial charge in [-0.05, 0) is 18.2 Å². The number of benzene rings is 2. The number of fused-ring (bicyclic) bond motifs is 1. The van der Waals surface area contributed by atoms with Gasteiger partial charge in [0.15, 0.2) is 0 Å². The Morgan fingerprint density at radius 3 is 2.41 bits per heavy atom. The molecular formula is C21H20FN2O5+. The number of methoxy groups -OCH3 is 1. The molecule has 2 heterocycles. The van der Waals surface area contributed by atoms with Gasteiger partial charge in [-0.2, -0.15) is 0 Å². The number of esters is 1. The van der Waals surface area contributed by atoms with Gasteiger partial charge in [0.05, 0.1) is 12.8 Å². The molecule has 0 unspecified atom stereocenters. The fourth-order valence-corrected chi connectivity index (χ4v) is 4.58. The zero-order chi connectivity index (χ0) is 20.8. The van der Waals surface area contributed by atoms with Crippen LogP contribution in [-0.4, -0.2) is 42.1 Å². The molecule has 2 aliphatic rings. The summed E-state index contributed by atoms with van der Waals surface area (Å²) < 4.78 is 19.4. The molecule has 2 aromatic rings. The number of aliphatic hydroxyl groups excluding tert-OH is 1. The normalized spacial score (nSPS) is 28.5. The minimum Gasteiger partial charge on any atom is -0.464 e. The number of rotatable bonds is 4. The number of quaternary nitrogens is 1. The van der Waals surface area contributed by atoms with Crippen molar-refractivity contribution in [3.8, 4) is 0 Å². The number of hydrogen-bond donors (Lipinski definition) is 2. The van der Waals surface area contributed by atoms with Crippen molar-refractivity contribution in [3.05, 3.63) is 66.0 Å². The number of para-hydroxylation sites is 1. The van der Waals surface area contributed by atoms with Crippen molar-refractivity contribution in [3.63, 3.8) is 0 Å². The molecule has 0 aromatic heterocycles. The van der Waals surface area contributed by atoms with E-state index < -0.39 is 53.6 Å². The minimum atomic E-state index is -1.73. The Kier molecular flexibility index (Phi) is 4.68. The molecule has 2 fully saturated rings. The molecule has 0 spiro atoms. The first-order valence-electron chi connectivity index (χ1n) is 9.19. The van der Waals surface area contributed by atoms with Crippen molar-refractivity contribution in [2.24, 2.45) is 11.8 Å². The Labute approximate surface area is 166 Å². The highest BCUT2D eigenvalue weighted by molar-refractivity contribution is 6.23. The second-order valence-electron chi connectivity index (χ2n) is 7.25. The SMILES string of the molecule is COC(=O)[C@]1(CO)[NH2+][C@@H](c2ccccc2F)[C@H]2C(=O)N(c3ccccc3)C(=O)[C@H]21. The molecule has 2 amide bonds. The molecule has 7 nitrogen and oxygen atoms in total. The Balaban J connectivity index is 1.88. The van der Waals surface area contributed by atoms with Gasteiger partial charge >= 0.3 is 5.97 Å². The van der Waals surface area contributed by atoms with E-state index in [4.69, 9.17) is 4.74 Å². The van der Waals surface area contributed by atoms with E-state index in [1.54, 1.807) is 36.4 Å². The summed E-state index contributed by atoms with van der Waals surface area (Å²) in [4.78, 5) is 40.4. The molecule has 0 aliphatic carbocycles. The van der Waals surface area contributed by atoms with Gasteiger partial charge in [0.1, 0.15) is 30.3 Å². The summed E-state index contributed by atoms with van der Waals surface area (Å²) in [5.41, 5.74) is -1.18. The van der Waals surface area contributed by atoms with Crippen molar-refractivity contribution in [2.75, 3.05) is 18.6 Å². The first-order chi connectivity index (χ1) is 14.0. The Morgan fingerprint density at radius 2 is 1.79 bits per heavy atom. The van der Waals surface area contributed by atoms with Crippen LogP contribution in [0.5, 0.6) is 0 Å². The van der Waals surface area contributed by atoms with E-state index in [9.17, 15) is 23.9 Å². The standard InChI is InChI=1S/C21H19FN2O5/c1-29-20(28)21(11-25)16-15(17(23-21)13-9-5-6-10-14(13)22)18(26)24(19(16)27)12-7-3-2-4-8-12/h2-10,15-17,23,25H,11H2,1H3/p+1/t15-,16-,17-,21+/m0/s1. The average molecular weight is 399 g/mol. The van der Waals surface area contributed by atoms with Gasteiger partial charge in [0, 0.05) is 5.56 Å². The van der Waals surface area contributed by atoms with Crippen LogP contribution < -0.4 is 10.2 Å². The second kappa shape index (κ2) is 7.06. The summed E-state index contributed by atoms with van der Waals surface area (Å²) in [6, 6.07) is 13.4. The number of hydrogen-bond acceptors (Lipinski definition) is 5. The quantitative estimate of drug-likeness (QED) is 0.563. The van der Waals surface area contributed by atoms with Crippen LogP contribution >= 0.6 is 0 Å². The molecule has 2 saturated heterocycles. The zero-order valence-corrected chi connectivity index (χ0v) is 15.6. The first kappa shape index (κ1) is 19.2.